The van der Waals surface area contributed by atoms with Gasteiger partial charge in [-0.1, -0.05) is 12.1 Å². The molecule has 2 fully saturated rings. The summed E-state index contributed by atoms with van der Waals surface area (Å²) in [7, 11) is 0. The molecule has 152 valence electrons. The van der Waals surface area contributed by atoms with Gasteiger partial charge in [-0.2, -0.15) is 0 Å². The summed E-state index contributed by atoms with van der Waals surface area (Å²) in [5.41, 5.74) is 0.709. The molecule has 8 heteroatoms. The van der Waals surface area contributed by atoms with Crippen LogP contribution in [-0.2, 0) is 16.0 Å². The molecule has 0 aromatic heterocycles. The van der Waals surface area contributed by atoms with Crippen LogP contribution in [0.4, 0.5) is 4.79 Å². The number of carboxylic acid groups (broad SMARTS) is 1. The van der Waals surface area contributed by atoms with Crippen molar-refractivity contribution < 1.29 is 24.6 Å². The number of benzene rings is 1. The zero-order valence-corrected chi connectivity index (χ0v) is 15.8. The van der Waals surface area contributed by atoms with Gasteiger partial charge in [0, 0.05) is 38.5 Å². The molecular weight excluding hydrogens is 362 g/mol. The lowest BCUT2D eigenvalue weighted by molar-refractivity contribution is -0.139. The molecule has 0 aliphatic carbocycles. The number of phenolic OH excluding ortho intramolecular Hbond substituents is 1. The van der Waals surface area contributed by atoms with Gasteiger partial charge in [0.2, 0.25) is 5.91 Å². The fourth-order valence-corrected chi connectivity index (χ4v) is 3.83. The van der Waals surface area contributed by atoms with Crippen LogP contribution in [-0.4, -0.2) is 70.1 Å². The number of nitrogens with one attached hydrogen (secondary N) is 1. The van der Waals surface area contributed by atoms with Crippen LogP contribution in [0, 0.1) is 5.92 Å². The van der Waals surface area contributed by atoms with Gasteiger partial charge in [0.15, 0.2) is 0 Å². The highest BCUT2D eigenvalue weighted by Gasteiger charge is 2.32. The predicted molar refractivity (Wildman–Crippen MR) is 102 cm³/mol. The molecule has 2 aliphatic rings. The molecule has 0 spiro atoms. The average molecular weight is 389 g/mol. The summed E-state index contributed by atoms with van der Waals surface area (Å²) in [6.07, 6.45) is 3.47. The molecule has 28 heavy (non-hydrogen) atoms. The molecule has 3 amide bonds. The molecular formula is C20H27N3O5. The van der Waals surface area contributed by atoms with Crippen molar-refractivity contribution in [3.05, 3.63) is 29.8 Å². The quantitative estimate of drug-likeness (QED) is 0.706. The highest BCUT2D eigenvalue weighted by atomic mass is 16.4. The van der Waals surface area contributed by atoms with E-state index in [-0.39, 0.29) is 24.0 Å². The molecule has 8 nitrogen and oxygen atoms in total. The van der Waals surface area contributed by atoms with Crippen molar-refractivity contribution in [3.63, 3.8) is 0 Å². The van der Waals surface area contributed by atoms with E-state index in [4.69, 9.17) is 0 Å². The van der Waals surface area contributed by atoms with Gasteiger partial charge in [0.25, 0.3) is 0 Å². The summed E-state index contributed by atoms with van der Waals surface area (Å²) in [4.78, 5) is 40.0. The third kappa shape index (κ3) is 4.94. The number of hydrogen-bond donors (Lipinski definition) is 3. The minimum atomic E-state index is -1.11. The van der Waals surface area contributed by atoms with Crippen LogP contribution in [0.2, 0.25) is 0 Å². The van der Waals surface area contributed by atoms with Crippen molar-refractivity contribution >= 4 is 17.9 Å². The number of rotatable bonds is 5. The highest BCUT2D eigenvalue weighted by Crippen LogP contribution is 2.22. The Balaban J connectivity index is 1.51. The molecule has 2 saturated heterocycles. The Hall–Kier alpha value is -2.77. The molecule has 1 aromatic rings. The minimum absolute atomic E-state index is 0.0468. The lowest BCUT2D eigenvalue weighted by Crippen LogP contribution is -2.52. The Morgan fingerprint density at radius 3 is 2.18 bits per heavy atom. The van der Waals surface area contributed by atoms with Crippen molar-refractivity contribution in [2.24, 2.45) is 5.92 Å². The Morgan fingerprint density at radius 2 is 1.61 bits per heavy atom. The van der Waals surface area contributed by atoms with E-state index in [2.05, 4.69) is 5.32 Å². The van der Waals surface area contributed by atoms with E-state index in [1.54, 1.807) is 17.0 Å². The van der Waals surface area contributed by atoms with E-state index in [9.17, 15) is 24.6 Å². The summed E-state index contributed by atoms with van der Waals surface area (Å²) in [6, 6.07) is 4.76. The number of likely N-dealkylation sites (tertiary alicyclic amines) is 2. The fourth-order valence-electron chi connectivity index (χ4n) is 3.83. The lowest BCUT2D eigenvalue weighted by atomic mass is 9.95. The van der Waals surface area contributed by atoms with Crippen molar-refractivity contribution in [1.29, 1.82) is 0 Å². The van der Waals surface area contributed by atoms with Gasteiger partial charge in [-0.25, -0.2) is 9.59 Å². The summed E-state index contributed by atoms with van der Waals surface area (Å²) >= 11 is 0. The first-order valence-corrected chi connectivity index (χ1v) is 9.79. The second-order valence-corrected chi connectivity index (χ2v) is 7.50. The van der Waals surface area contributed by atoms with Crippen LogP contribution in [0.15, 0.2) is 24.3 Å². The van der Waals surface area contributed by atoms with Crippen LogP contribution in [0.1, 0.15) is 31.2 Å². The van der Waals surface area contributed by atoms with Crippen LogP contribution in [0.5, 0.6) is 5.75 Å². The molecule has 0 unspecified atom stereocenters. The third-order valence-electron chi connectivity index (χ3n) is 5.52. The number of carbonyl (C=O) groups excluding carboxylic acids is 2. The standard InChI is InChI=1S/C20H27N3O5/c24-16-5-3-14(4-6-16)13-17(19(26)27)21-20(28)23-11-7-15(8-12-23)18(25)22-9-1-2-10-22/h3-6,15,17,24H,1-2,7-13H2,(H,21,28)(H,26,27)/t17-/m0/s1. The number of urea groups is 1. The molecule has 3 N–H and O–H groups in total. The maximum absolute atomic E-state index is 12.5. The number of carbonyl (C=O) groups is 3. The number of carboxylic acids is 1. The molecule has 0 bridgehead atoms. The average Bonchev–Trinajstić information content (AvgIpc) is 3.23. The van der Waals surface area contributed by atoms with Crippen molar-refractivity contribution in [2.45, 2.75) is 38.1 Å². The summed E-state index contributed by atoms with van der Waals surface area (Å²) < 4.78 is 0. The second-order valence-electron chi connectivity index (χ2n) is 7.50. The van der Waals surface area contributed by atoms with E-state index < -0.39 is 18.0 Å². The van der Waals surface area contributed by atoms with Crippen LogP contribution in [0.3, 0.4) is 0 Å². The first kappa shape index (κ1) is 20.0. The summed E-state index contributed by atoms with van der Waals surface area (Å²) in [5.74, 6) is -0.866. The third-order valence-corrected chi connectivity index (χ3v) is 5.52. The Bertz CT molecular complexity index is 707. The first-order valence-electron chi connectivity index (χ1n) is 9.79. The van der Waals surface area contributed by atoms with Crippen LogP contribution >= 0.6 is 0 Å². The smallest absolute Gasteiger partial charge is 0.326 e. The number of piperidine rings is 1. The topological polar surface area (TPSA) is 110 Å². The van der Waals surface area contributed by atoms with Gasteiger partial charge in [-0.3, -0.25) is 4.79 Å². The van der Waals surface area contributed by atoms with Gasteiger partial charge in [-0.05, 0) is 43.4 Å². The molecule has 0 saturated carbocycles. The predicted octanol–water partition coefficient (Wildman–Crippen LogP) is 1.43. The molecule has 0 radical (unpaired) electrons. The Morgan fingerprint density at radius 1 is 1.00 bits per heavy atom. The minimum Gasteiger partial charge on any atom is -0.508 e. The molecule has 2 aliphatic heterocycles. The van der Waals surface area contributed by atoms with Crippen molar-refractivity contribution in [2.75, 3.05) is 26.2 Å². The van der Waals surface area contributed by atoms with Gasteiger partial charge >= 0.3 is 12.0 Å². The molecule has 1 atom stereocenters. The SMILES string of the molecule is O=C(O)[C@H](Cc1ccc(O)cc1)NC(=O)N1CCC(C(=O)N2CCCC2)CC1. The molecule has 3 rings (SSSR count). The van der Waals surface area contributed by atoms with E-state index >= 15 is 0 Å². The highest BCUT2D eigenvalue weighted by molar-refractivity contribution is 5.83. The van der Waals surface area contributed by atoms with Gasteiger partial charge in [0.1, 0.15) is 11.8 Å². The monoisotopic (exact) mass is 389 g/mol. The number of hydrogen-bond acceptors (Lipinski definition) is 4. The molecule has 1 aromatic carbocycles. The Labute approximate surface area is 164 Å². The number of phenols is 1. The zero-order valence-electron chi connectivity index (χ0n) is 15.8. The van der Waals surface area contributed by atoms with Crippen molar-refractivity contribution in [3.8, 4) is 5.75 Å². The van der Waals surface area contributed by atoms with E-state index in [1.165, 1.54) is 12.1 Å². The number of nitrogens with zero attached hydrogens (tertiary/aromatic N) is 2. The van der Waals surface area contributed by atoms with Gasteiger partial charge in [-0.15, -0.1) is 0 Å². The number of aromatic hydroxyl groups is 1. The second kappa shape index (κ2) is 8.95. The Kier molecular flexibility index (Phi) is 6.38. The van der Waals surface area contributed by atoms with E-state index in [0.29, 0.717) is 31.5 Å². The van der Waals surface area contributed by atoms with Crippen LogP contribution in [0.25, 0.3) is 0 Å². The fraction of sp³-hybridized carbons (Fsp3) is 0.550. The number of amides is 3. The van der Waals surface area contributed by atoms with E-state index in [0.717, 1.165) is 25.9 Å². The van der Waals surface area contributed by atoms with Crippen LogP contribution < -0.4 is 5.32 Å². The number of aliphatic carboxylic acids is 1. The maximum atomic E-state index is 12.5. The van der Waals surface area contributed by atoms with Gasteiger partial charge < -0.3 is 25.3 Å². The summed E-state index contributed by atoms with van der Waals surface area (Å²) in [6.45, 7) is 2.55. The zero-order chi connectivity index (χ0) is 20.1. The normalized spacial score (nSPS) is 18.7. The van der Waals surface area contributed by atoms with Gasteiger partial charge in [0.05, 0.1) is 0 Å². The van der Waals surface area contributed by atoms with E-state index in [1.807, 2.05) is 4.90 Å². The largest absolute Gasteiger partial charge is 0.508 e. The lowest BCUT2D eigenvalue weighted by Gasteiger charge is -2.33. The first-order chi connectivity index (χ1) is 13.4. The maximum Gasteiger partial charge on any atom is 0.326 e. The summed E-state index contributed by atoms with van der Waals surface area (Å²) in [5, 5.41) is 21.3. The molecule has 2 heterocycles. The van der Waals surface area contributed by atoms with Crippen molar-refractivity contribution in [1.82, 2.24) is 15.1 Å².